The number of hydrogen-bond donors (Lipinski definition) is 1. The molecule has 0 aromatic carbocycles. The van der Waals surface area contributed by atoms with Gasteiger partial charge >= 0.3 is 0 Å². The normalized spacial score (nSPS) is 22.7. The maximum atomic E-state index is 4.09. The standard InChI is InChI=1S/C26H24N2S.H2/c1-4-24(19-11-15-27-16-12-19)28-22-7-6-13-26(3)14-10-20(17-21(26)18-22)25(5-2)29-23-8-9-23;/h5,7-13,15-18,23,28H,1,14H2,2-3H3;1H/b25-5-;. The highest BCUT2D eigenvalue weighted by Gasteiger charge is 2.29. The van der Waals surface area contributed by atoms with Crippen molar-refractivity contribution >= 4 is 17.5 Å². The van der Waals surface area contributed by atoms with Crippen LogP contribution in [-0.2, 0) is 0 Å². The second-order valence-corrected chi connectivity index (χ2v) is 8.69. The first-order valence-corrected chi connectivity index (χ1v) is 10.7. The zero-order chi connectivity index (χ0) is 20.3. The van der Waals surface area contributed by atoms with Crippen molar-refractivity contribution in [2.45, 2.75) is 25.5 Å². The summed E-state index contributed by atoms with van der Waals surface area (Å²) in [5.74, 6) is 0. The number of fused-ring (bicyclic) bond motifs is 1. The predicted molar refractivity (Wildman–Crippen MR) is 126 cm³/mol. The summed E-state index contributed by atoms with van der Waals surface area (Å²) < 4.78 is 0. The van der Waals surface area contributed by atoms with Gasteiger partial charge in [0.15, 0.2) is 0 Å². The number of allylic oxidation sites excluding steroid dienone is 7. The van der Waals surface area contributed by atoms with Crippen molar-refractivity contribution in [2.24, 2.45) is 5.41 Å². The van der Waals surface area contributed by atoms with Crippen LogP contribution < -0.4 is 5.32 Å². The van der Waals surface area contributed by atoms with Crippen molar-refractivity contribution in [3.63, 3.8) is 0 Å². The SMILES string of the molecule is C=C=C(NC1=CC2=CC(/C(=C/C)SC3C=C3)=CCC2(C)C=C=C1)c1ccncc1.[HH]. The lowest BCUT2D eigenvalue weighted by Crippen LogP contribution is -2.18. The molecule has 1 N–H and O–H groups in total. The van der Waals surface area contributed by atoms with Gasteiger partial charge < -0.3 is 5.32 Å². The fourth-order valence-electron chi connectivity index (χ4n) is 3.40. The average Bonchev–Trinajstić information content (AvgIpc) is 3.57. The van der Waals surface area contributed by atoms with Crippen LogP contribution >= 0.6 is 11.8 Å². The maximum Gasteiger partial charge on any atom is 0.0886 e. The summed E-state index contributed by atoms with van der Waals surface area (Å²) in [6.07, 6.45) is 22.2. The fraction of sp³-hybridized carbons (Fsp3) is 0.192. The Morgan fingerprint density at radius 3 is 2.86 bits per heavy atom. The molecular weight excluding hydrogens is 372 g/mol. The second-order valence-electron chi connectivity index (χ2n) is 7.47. The largest absolute Gasteiger partial charge is 0.348 e. The summed E-state index contributed by atoms with van der Waals surface area (Å²) in [5.41, 5.74) is 11.7. The molecule has 3 heteroatoms. The molecule has 0 fully saturated rings. The Hall–Kier alpha value is -2.96. The van der Waals surface area contributed by atoms with Gasteiger partial charge in [0.25, 0.3) is 0 Å². The summed E-state index contributed by atoms with van der Waals surface area (Å²) in [6, 6.07) is 3.90. The summed E-state index contributed by atoms with van der Waals surface area (Å²) in [6.45, 7) is 8.23. The number of hydrogen-bond acceptors (Lipinski definition) is 3. The highest BCUT2D eigenvalue weighted by molar-refractivity contribution is 8.04. The van der Waals surface area contributed by atoms with Crippen molar-refractivity contribution in [3.05, 3.63) is 118 Å². The van der Waals surface area contributed by atoms with Crippen LogP contribution in [0, 0.1) is 5.41 Å². The van der Waals surface area contributed by atoms with Crippen LogP contribution in [0.3, 0.4) is 0 Å². The molecule has 0 bridgehead atoms. The minimum absolute atomic E-state index is 0. The van der Waals surface area contributed by atoms with Crippen molar-refractivity contribution in [1.29, 1.82) is 0 Å². The fourth-order valence-corrected chi connectivity index (χ4v) is 4.36. The Morgan fingerprint density at radius 1 is 1.38 bits per heavy atom. The minimum Gasteiger partial charge on any atom is -0.348 e. The Labute approximate surface area is 178 Å². The lowest BCUT2D eigenvalue weighted by Gasteiger charge is -2.30. The topological polar surface area (TPSA) is 24.9 Å². The Bertz CT molecular complexity index is 1090. The third-order valence-corrected chi connectivity index (χ3v) is 6.55. The first-order valence-electron chi connectivity index (χ1n) is 9.78. The van der Waals surface area contributed by atoms with Gasteiger partial charge in [-0.3, -0.25) is 4.98 Å². The molecule has 0 spiro atoms. The van der Waals surface area contributed by atoms with E-state index in [0.717, 1.165) is 23.4 Å². The van der Waals surface area contributed by atoms with Gasteiger partial charge in [-0.2, -0.15) is 0 Å². The first-order chi connectivity index (χ1) is 14.1. The maximum absolute atomic E-state index is 4.09. The summed E-state index contributed by atoms with van der Waals surface area (Å²) in [7, 11) is 0. The Morgan fingerprint density at radius 2 is 2.17 bits per heavy atom. The van der Waals surface area contributed by atoms with E-state index < -0.39 is 0 Å². The molecule has 29 heavy (non-hydrogen) atoms. The lowest BCUT2D eigenvalue weighted by atomic mass is 9.75. The molecule has 1 atom stereocenters. The van der Waals surface area contributed by atoms with E-state index in [4.69, 9.17) is 0 Å². The van der Waals surface area contributed by atoms with E-state index in [1.807, 2.05) is 30.0 Å². The monoisotopic (exact) mass is 398 g/mol. The van der Waals surface area contributed by atoms with Gasteiger partial charge in [0, 0.05) is 46.7 Å². The molecule has 0 saturated carbocycles. The molecule has 0 saturated heterocycles. The third-order valence-electron chi connectivity index (χ3n) is 5.24. The first kappa shape index (κ1) is 19.4. The van der Waals surface area contributed by atoms with Gasteiger partial charge in [-0.1, -0.05) is 37.8 Å². The smallest absolute Gasteiger partial charge is 0.0886 e. The van der Waals surface area contributed by atoms with E-state index in [2.05, 4.69) is 84.7 Å². The van der Waals surface area contributed by atoms with E-state index >= 15 is 0 Å². The molecular formula is C26H26N2S. The molecule has 0 radical (unpaired) electrons. The van der Waals surface area contributed by atoms with Crippen LogP contribution in [-0.4, -0.2) is 10.2 Å². The highest BCUT2D eigenvalue weighted by atomic mass is 32.2. The number of rotatable bonds is 6. The van der Waals surface area contributed by atoms with Gasteiger partial charge in [0.2, 0.25) is 0 Å². The predicted octanol–water partition coefficient (Wildman–Crippen LogP) is 6.49. The van der Waals surface area contributed by atoms with Gasteiger partial charge in [0.1, 0.15) is 0 Å². The van der Waals surface area contributed by atoms with Crippen LogP contribution in [0.25, 0.3) is 5.70 Å². The van der Waals surface area contributed by atoms with Gasteiger partial charge in [-0.15, -0.1) is 23.2 Å². The van der Waals surface area contributed by atoms with Crippen molar-refractivity contribution in [2.75, 3.05) is 0 Å². The quantitative estimate of drug-likeness (QED) is 0.438. The minimum atomic E-state index is -0.0560. The number of aromatic nitrogens is 1. The van der Waals surface area contributed by atoms with Crippen LogP contribution in [0.5, 0.6) is 0 Å². The molecule has 2 nitrogen and oxygen atoms in total. The molecule has 1 unspecified atom stereocenters. The zero-order valence-corrected chi connectivity index (χ0v) is 17.6. The molecule has 0 aliphatic heterocycles. The third kappa shape index (κ3) is 4.39. The van der Waals surface area contributed by atoms with Gasteiger partial charge in [-0.25, -0.2) is 0 Å². The molecule has 1 aromatic rings. The van der Waals surface area contributed by atoms with E-state index in [1.54, 1.807) is 12.4 Å². The van der Waals surface area contributed by atoms with Crippen molar-refractivity contribution in [3.8, 4) is 0 Å². The molecule has 146 valence electrons. The molecule has 3 aliphatic rings. The highest BCUT2D eigenvalue weighted by Crippen LogP contribution is 2.44. The number of pyridine rings is 1. The lowest BCUT2D eigenvalue weighted by molar-refractivity contribution is 0.528. The van der Waals surface area contributed by atoms with E-state index in [1.165, 1.54) is 16.1 Å². The van der Waals surface area contributed by atoms with Crippen LogP contribution in [0.1, 0.15) is 27.3 Å². The summed E-state index contributed by atoms with van der Waals surface area (Å²) in [5, 5.41) is 4.01. The summed E-state index contributed by atoms with van der Waals surface area (Å²) in [4.78, 5) is 5.42. The van der Waals surface area contributed by atoms with Gasteiger partial charge in [0.05, 0.1) is 5.70 Å². The van der Waals surface area contributed by atoms with Crippen molar-refractivity contribution < 1.29 is 1.43 Å². The number of nitrogens with one attached hydrogen (secondary N) is 1. The molecule has 3 aliphatic carbocycles. The van der Waals surface area contributed by atoms with Crippen LogP contribution in [0.15, 0.2) is 113 Å². The summed E-state index contributed by atoms with van der Waals surface area (Å²) >= 11 is 1.91. The molecule has 0 amide bonds. The Balaban J connectivity index is 0.00000256. The van der Waals surface area contributed by atoms with E-state index in [0.29, 0.717) is 5.25 Å². The number of thioether (sulfide) groups is 1. The van der Waals surface area contributed by atoms with E-state index in [-0.39, 0.29) is 6.84 Å². The number of nitrogens with zero attached hydrogens (tertiary/aromatic N) is 1. The molecule has 4 rings (SSSR count). The average molecular weight is 399 g/mol. The molecule has 1 aromatic heterocycles. The Kier molecular flexibility index (Phi) is 5.47. The zero-order valence-electron chi connectivity index (χ0n) is 16.8. The van der Waals surface area contributed by atoms with E-state index in [9.17, 15) is 0 Å². The van der Waals surface area contributed by atoms with Crippen molar-refractivity contribution in [1.82, 2.24) is 10.3 Å². The van der Waals surface area contributed by atoms with Crippen LogP contribution in [0.2, 0.25) is 0 Å². The second kappa shape index (κ2) is 8.19. The van der Waals surface area contributed by atoms with Crippen LogP contribution in [0.4, 0.5) is 0 Å². The molecule has 1 heterocycles. The van der Waals surface area contributed by atoms with Gasteiger partial charge in [-0.05, 0) is 54.9 Å².